The van der Waals surface area contributed by atoms with E-state index in [0.717, 1.165) is 59.4 Å². The van der Waals surface area contributed by atoms with Gasteiger partial charge in [-0.15, -0.1) is 0 Å². The van der Waals surface area contributed by atoms with E-state index in [4.69, 9.17) is 21.3 Å². The Morgan fingerprint density at radius 2 is 1.70 bits per heavy atom. The van der Waals surface area contributed by atoms with Crippen molar-refractivity contribution < 1.29 is 27.8 Å². The number of imidazole rings is 1. The molecule has 5 aromatic rings. The first kappa shape index (κ1) is 29.7. The fraction of sp³-hybridized carbons (Fsp3) is 0.303. The Bertz CT molecular complexity index is 1800. The van der Waals surface area contributed by atoms with Crippen molar-refractivity contribution >= 4 is 28.6 Å². The SMILES string of the molecule is Cn1cc(Cl)c(COc2ccc3nc(C4CCCCC4C(=O)O)n(Cc4ccc(-c5ccc(C(F)(F)F)cc5)cc4)c3c2)n1. The first-order valence-electron chi connectivity index (χ1n) is 14.4. The Morgan fingerprint density at radius 1 is 1.02 bits per heavy atom. The summed E-state index contributed by atoms with van der Waals surface area (Å²) in [5.74, 6) is -0.252. The summed E-state index contributed by atoms with van der Waals surface area (Å²) in [5.41, 5.74) is 3.88. The van der Waals surface area contributed by atoms with E-state index in [1.807, 2.05) is 42.5 Å². The van der Waals surface area contributed by atoms with Crippen molar-refractivity contribution in [1.29, 1.82) is 0 Å². The molecule has 1 aliphatic rings. The first-order chi connectivity index (χ1) is 21.1. The fourth-order valence-corrected chi connectivity index (χ4v) is 6.22. The fourth-order valence-electron chi connectivity index (χ4n) is 5.99. The summed E-state index contributed by atoms with van der Waals surface area (Å²) in [7, 11) is 1.78. The lowest BCUT2D eigenvalue weighted by Crippen LogP contribution is -2.27. The summed E-state index contributed by atoms with van der Waals surface area (Å²) in [4.78, 5) is 17.2. The van der Waals surface area contributed by atoms with Crippen molar-refractivity contribution in [2.45, 2.75) is 50.9 Å². The van der Waals surface area contributed by atoms with E-state index >= 15 is 0 Å². The Kier molecular flexibility index (Phi) is 8.11. The highest BCUT2D eigenvalue weighted by Crippen LogP contribution is 2.40. The molecule has 2 aromatic heterocycles. The van der Waals surface area contributed by atoms with Crippen LogP contribution < -0.4 is 4.74 Å². The molecular formula is C33H30ClF3N4O3. The molecule has 1 saturated carbocycles. The molecule has 1 N–H and O–H groups in total. The van der Waals surface area contributed by atoms with E-state index < -0.39 is 23.6 Å². The predicted octanol–water partition coefficient (Wildman–Crippen LogP) is 8.09. The van der Waals surface area contributed by atoms with E-state index in [2.05, 4.69) is 9.67 Å². The lowest BCUT2D eigenvalue weighted by molar-refractivity contribution is -0.143. The minimum absolute atomic E-state index is 0.182. The van der Waals surface area contributed by atoms with Crippen LogP contribution in [0.2, 0.25) is 5.02 Å². The predicted molar refractivity (Wildman–Crippen MR) is 161 cm³/mol. The number of ether oxygens (including phenoxy) is 1. The number of aryl methyl sites for hydroxylation is 1. The van der Waals surface area contributed by atoms with Gasteiger partial charge < -0.3 is 14.4 Å². The molecule has 7 nitrogen and oxygen atoms in total. The number of hydrogen-bond donors (Lipinski definition) is 1. The van der Waals surface area contributed by atoms with Crippen molar-refractivity contribution in [3.63, 3.8) is 0 Å². The van der Waals surface area contributed by atoms with E-state index in [9.17, 15) is 23.1 Å². The van der Waals surface area contributed by atoms with Gasteiger partial charge in [0.15, 0.2) is 0 Å². The lowest BCUT2D eigenvalue weighted by Gasteiger charge is -2.28. The zero-order chi connectivity index (χ0) is 31.0. The van der Waals surface area contributed by atoms with Gasteiger partial charge in [0.25, 0.3) is 0 Å². The smallest absolute Gasteiger partial charge is 0.416 e. The molecule has 1 aliphatic carbocycles. The van der Waals surface area contributed by atoms with Gasteiger partial charge in [0.2, 0.25) is 0 Å². The minimum atomic E-state index is -4.39. The van der Waals surface area contributed by atoms with Crippen molar-refractivity contribution in [3.05, 3.63) is 101 Å². The number of nitrogens with zero attached hydrogens (tertiary/aromatic N) is 4. The number of halogens is 4. The Labute approximate surface area is 256 Å². The number of carboxylic acid groups (broad SMARTS) is 1. The molecule has 0 saturated heterocycles. The van der Waals surface area contributed by atoms with Crippen molar-refractivity contribution in [2.24, 2.45) is 13.0 Å². The lowest BCUT2D eigenvalue weighted by atomic mass is 9.78. The zero-order valence-electron chi connectivity index (χ0n) is 23.9. The molecule has 11 heteroatoms. The molecule has 44 heavy (non-hydrogen) atoms. The molecule has 0 radical (unpaired) electrons. The van der Waals surface area contributed by atoms with Crippen molar-refractivity contribution in [1.82, 2.24) is 19.3 Å². The maximum atomic E-state index is 13.0. The monoisotopic (exact) mass is 622 g/mol. The number of hydrogen-bond acceptors (Lipinski definition) is 4. The van der Waals surface area contributed by atoms with E-state index in [0.29, 0.717) is 35.0 Å². The third-order valence-electron chi connectivity index (χ3n) is 8.23. The van der Waals surface area contributed by atoms with E-state index in [1.54, 1.807) is 17.9 Å². The summed E-state index contributed by atoms with van der Waals surface area (Å²) < 4.78 is 48.8. The molecule has 228 valence electrons. The van der Waals surface area contributed by atoms with Gasteiger partial charge in [-0.25, -0.2) is 4.98 Å². The van der Waals surface area contributed by atoms with Crippen LogP contribution in [0.25, 0.3) is 22.2 Å². The Hall–Kier alpha value is -4.31. The van der Waals surface area contributed by atoms with Crippen molar-refractivity contribution in [2.75, 3.05) is 0 Å². The average molecular weight is 623 g/mol. The van der Waals surface area contributed by atoms with Gasteiger partial charge in [-0.3, -0.25) is 9.48 Å². The Morgan fingerprint density at radius 3 is 2.34 bits per heavy atom. The number of aliphatic carboxylic acids is 1. The quantitative estimate of drug-likeness (QED) is 0.189. The topological polar surface area (TPSA) is 82.2 Å². The summed E-state index contributed by atoms with van der Waals surface area (Å²) >= 11 is 6.25. The van der Waals surface area contributed by atoms with E-state index in [-0.39, 0.29) is 12.5 Å². The number of aromatic nitrogens is 4. The van der Waals surface area contributed by atoms with Crippen LogP contribution >= 0.6 is 11.6 Å². The molecule has 0 bridgehead atoms. The summed E-state index contributed by atoms with van der Waals surface area (Å²) in [6.07, 6.45) is 0.448. The third kappa shape index (κ3) is 6.17. The molecule has 1 fully saturated rings. The molecule has 2 atom stereocenters. The van der Waals surface area contributed by atoms with Crippen LogP contribution in [-0.4, -0.2) is 30.4 Å². The summed E-state index contributed by atoms with van der Waals surface area (Å²) in [6, 6.07) is 18.3. The highest BCUT2D eigenvalue weighted by Gasteiger charge is 2.35. The molecule has 0 aliphatic heterocycles. The van der Waals surface area contributed by atoms with Crippen LogP contribution in [0.5, 0.6) is 5.75 Å². The number of rotatable bonds is 8. The molecule has 0 spiro atoms. The molecule has 2 heterocycles. The van der Waals surface area contributed by atoms with Crippen LogP contribution in [0, 0.1) is 5.92 Å². The third-order valence-corrected chi connectivity index (χ3v) is 8.55. The molecule has 2 unspecified atom stereocenters. The van der Waals surface area contributed by atoms with Gasteiger partial charge in [-0.05, 0) is 53.8 Å². The van der Waals surface area contributed by atoms with Crippen LogP contribution in [0.4, 0.5) is 13.2 Å². The summed E-state index contributed by atoms with van der Waals surface area (Å²) in [6.45, 7) is 0.610. The average Bonchev–Trinajstić information content (AvgIpc) is 3.53. The number of carboxylic acids is 1. The number of fused-ring (bicyclic) bond motifs is 1. The van der Waals surface area contributed by atoms with Crippen LogP contribution in [0.1, 0.15) is 54.2 Å². The van der Waals surface area contributed by atoms with Gasteiger partial charge in [0.05, 0.1) is 27.5 Å². The maximum Gasteiger partial charge on any atom is 0.416 e. The van der Waals surface area contributed by atoms with Crippen LogP contribution in [0.3, 0.4) is 0 Å². The minimum Gasteiger partial charge on any atom is -0.487 e. The molecule has 6 rings (SSSR count). The van der Waals surface area contributed by atoms with E-state index in [1.165, 1.54) is 12.1 Å². The number of alkyl halides is 3. The van der Waals surface area contributed by atoms with Crippen LogP contribution in [-0.2, 0) is 31.2 Å². The molecule has 0 amide bonds. The second-order valence-electron chi connectivity index (χ2n) is 11.2. The highest BCUT2D eigenvalue weighted by molar-refractivity contribution is 6.31. The zero-order valence-corrected chi connectivity index (χ0v) is 24.6. The normalized spacial score (nSPS) is 17.2. The van der Waals surface area contributed by atoms with Gasteiger partial charge >= 0.3 is 12.1 Å². The maximum absolute atomic E-state index is 13.0. The van der Waals surface area contributed by atoms with Crippen molar-refractivity contribution in [3.8, 4) is 16.9 Å². The molecular weight excluding hydrogens is 593 g/mol. The highest BCUT2D eigenvalue weighted by atomic mass is 35.5. The van der Waals surface area contributed by atoms with Gasteiger partial charge in [-0.2, -0.15) is 18.3 Å². The molecule has 3 aromatic carbocycles. The van der Waals surface area contributed by atoms with Gasteiger partial charge in [0.1, 0.15) is 23.9 Å². The first-order valence-corrected chi connectivity index (χ1v) is 14.7. The van der Waals surface area contributed by atoms with Crippen LogP contribution in [0.15, 0.2) is 72.9 Å². The Balaban J connectivity index is 1.33. The second-order valence-corrected chi connectivity index (χ2v) is 11.6. The second kappa shape index (κ2) is 12.0. The largest absolute Gasteiger partial charge is 0.487 e. The summed E-state index contributed by atoms with van der Waals surface area (Å²) in [5, 5.41) is 14.9. The van der Waals surface area contributed by atoms with Gasteiger partial charge in [0, 0.05) is 31.8 Å². The standard InChI is InChI=1S/C33H30ClF3N4O3/c1-40-18-27(34)29(39-40)19-44-24-14-15-28-30(16-24)41(31(38-28)25-4-2-3-5-26(25)32(42)43)17-20-6-8-21(9-7-20)22-10-12-23(13-11-22)33(35,36)37/h6-16,18,25-26H,2-5,17,19H2,1H3,(H,42,43). The number of benzene rings is 3. The van der Waals surface area contributed by atoms with Gasteiger partial charge in [-0.1, -0.05) is 60.8 Å². The number of carbonyl (C=O) groups is 1.